The number of hydrogen-bond donors (Lipinski definition) is 3. The number of urea groups is 1. The summed E-state index contributed by atoms with van der Waals surface area (Å²) in [4.78, 5) is 11.7. The van der Waals surface area contributed by atoms with Gasteiger partial charge in [-0.15, -0.1) is 0 Å². The highest BCUT2D eigenvalue weighted by Gasteiger charge is 2.05. The van der Waals surface area contributed by atoms with Crippen molar-refractivity contribution in [3.63, 3.8) is 0 Å². The molecule has 0 aromatic heterocycles. The SMILES string of the molecule is O=C(Nc1cccc(O)c1)Nc1ccccc1Br. The normalized spacial score (nSPS) is 9.83. The van der Waals surface area contributed by atoms with E-state index in [1.165, 1.54) is 12.1 Å². The summed E-state index contributed by atoms with van der Waals surface area (Å²) in [5, 5.41) is 14.6. The highest BCUT2D eigenvalue weighted by atomic mass is 79.9. The van der Waals surface area contributed by atoms with Gasteiger partial charge in [-0.05, 0) is 40.2 Å². The zero-order chi connectivity index (χ0) is 13.0. The van der Waals surface area contributed by atoms with Crippen LogP contribution in [0.15, 0.2) is 53.0 Å². The van der Waals surface area contributed by atoms with E-state index < -0.39 is 0 Å². The van der Waals surface area contributed by atoms with Crippen LogP contribution in [0.1, 0.15) is 0 Å². The van der Waals surface area contributed by atoms with E-state index in [0.29, 0.717) is 11.4 Å². The number of rotatable bonds is 2. The summed E-state index contributed by atoms with van der Waals surface area (Å²) < 4.78 is 0.802. The minimum Gasteiger partial charge on any atom is -0.508 e. The summed E-state index contributed by atoms with van der Waals surface area (Å²) in [5.74, 6) is 0.105. The number of amides is 2. The van der Waals surface area contributed by atoms with Gasteiger partial charge in [0.05, 0.1) is 5.69 Å². The largest absolute Gasteiger partial charge is 0.508 e. The van der Waals surface area contributed by atoms with E-state index >= 15 is 0 Å². The fourth-order valence-electron chi connectivity index (χ4n) is 1.43. The minimum atomic E-state index is -0.368. The lowest BCUT2D eigenvalue weighted by Crippen LogP contribution is -2.19. The van der Waals surface area contributed by atoms with E-state index in [1.54, 1.807) is 18.2 Å². The summed E-state index contributed by atoms with van der Waals surface area (Å²) in [6.45, 7) is 0. The van der Waals surface area contributed by atoms with Crippen LogP contribution in [-0.2, 0) is 0 Å². The molecule has 0 saturated heterocycles. The third kappa shape index (κ3) is 3.24. The maximum Gasteiger partial charge on any atom is 0.323 e. The quantitative estimate of drug-likeness (QED) is 0.790. The Kier molecular flexibility index (Phi) is 3.84. The molecule has 0 heterocycles. The number of anilines is 2. The first-order valence-electron chi connectivity index (χ1n) is 5.27. The zero-order valence-electron chi connectivity index (χ0n) is 9.35. The standard InChI is InChI=1S/C13H11BrN2O2/c14-11-6-1-2-7-12(11)16-13(18)15-9-4-3-5-10(17)8-9/h1-8,17H,(H2,15,16,18). The van der Waals surface area contributed by atoms with Crippen molar-refractivity contribution >= 4 is 33.3 Å². The number of benzene rings is 2. The van der Waals surface area contributed by atoms with Gasteiger partial charge in [0.1, 0.15) is 5.75 Å². The first-order chi connectivity index (χ1) is 8.65. The maximum absolute atomic E-state index is 11.7. The van der Waals surface area contributed by atoms with Gasteiger partial charge in [-0.2, -0.15) is 0 Å². The van der Waals surface area contributed by atoms with Gasteiger partial charge in [0.2, 0.25) is 0 Å². The molecule has 5 heteroatoms. The van der Waals surface area contributed by atoms with Crippen LogP contribution in [0.25, 0.3) is 0 Å². The molecule has 2 aromatic rings. The van der Waals surface area contributed by atoms with Crippen molar-refractivity contribution in [2.75, 3.05) is 10.6 Å². The molecule has 0 aliphatic rings. The van der Waals surface area contributed by atoms with E-state index in [1.807, 2.05) is 18.2 Å². The summed E-state index contributed by atoms with van der Waals surface area (Å²) in [7, 11) is 0. The van der Waals surface area contributed by atoms with Crippen molar-refractivity contribution in [2.45, 2.75) is 0 Å². The number of aromatic hydroxyl groups is 1. The Morgan fingerprint density at radius 3 is 2.56 bits per heavy atom. The number of carbonyl (C=O) groups excluding carboxylic acids is 1. The number of phenols is 1. The summed E-state index contributed by atoms with van der Waals surface area (Å²) in [6.07, 6.45) is 0. The van der Waals surface area contributed by atoms with Crippen molar-refractivity contribution in [3.8, 4) is 5.75 Å². The van der Waals surface area contributed by atoms with Crippen molar-refractivity contribution in [1.82, 2.24) is 0 Å². The number of phenolic OH excluding ortho intramolecular Hbond substituents is 1. The van der Waals surface area contributed by atoms with Crippen LogP contribution in [0, 0.1) is 0 Å². The molecule has 4 nitrogen and oxygen atoms in total. The molecule has 2 amide bonds. The van der Waals surface area contributed by atoms with E-state index in [-0.39, 0.29) is 11.8 Å². The smallest absolute Gasteiger partial charge is 0.323 e. The van der Waals surface area contributed by atoms with Gasteiger partial charge < -0.3 is 15.7 Å². The number of halogens is 1. The van der Waals surface area contributed by atoms with Gasteiger partial charge in [-0.3, -0.25) is 0 Å². The van der Waals surface area contributed by atoms with E-state index in [4.69, 9.17) is 0 Å². The molecule has 0 aliphatic heterocycles. The molecule has 0 atom stereocenters. The number of para-hydroxylation sites is 1. The summed E-state index contributed by atoms with van der Waals surface area (Å²) in [6, 6.07) is 13.3. The first kappa shape index (κ1) is 12.4. The highest BCUT2D eigenvalue weighted by Crippen LogP contribution is 2.21. The predicted octanol–water partition coefficient (Wildman–Crippen LogP) is 3.80. The van der Waals surface area contributed by atoms with Crippen LogP contribution in [-0.4, -0.2) is 11.1 Å². The Morgan fingerprint density at radius 1 is 1.06 bits per heavy atom. The fraction of sp³-hybridized carbons (Fsp3) is 0. The molecule has 0 spiro atoms. The van der Waals surface area contributed by atoms with Gasteiger partial charge in [-0.25, -0.2) is 4.79 Å². The lowest BCUT2D eigenvalue weighted by Gasteiger charge is -2.09. The van der Waals surface area contributed by atoms with E-state index in [0.717, 1.165) is 4.47 Å². The van der Waals surface area contributed by atoms with Gasteiger partial charge >= 0.3 is 6.03 Å². The summed E-state index contributed by atoms with van der Waals surface area (Å²) >= 11 is 3.34. The Balaban J connectivity index is 2.03. The maximum atomic E-state index is 11.7. The number of nitrogens with one attached hydrogen (secondary N) is 2. The van der Waals surface area contributed by atoms with Crippen LogP contribution < -0.4 is 10.6 Å². The first-order valence-corrected chi connectivity index (χ1v) is 6.06. The lowest BCUT2D eigenvalue weighted by atomic mass is 10.3. The molecule has 0 unspecified atom stereocenters. The minimum absolute atomic E-state index is 0.105. The molecule has 0 bridgehead atoms. The second-order valence-corrected chi connectivity index (χ2v) is 4.46. The Labute approximate surface area is 113 Å². The van der Waals surface area contributed by atoms with Gasteiger partial charge in [0.25, 0.3) is 0 Å². The Morgan fingerprint density at radius 2 is 1.83 bits per heavy atom. The van der Waals surface area contributed by atoms with Crippen LogP contribution in [0.5, 0.6) is 5.75 Å². The molecule has 3 N–H and O–H groups in total. The van der Waals surface area contributed by atoms with Gasteiger partial charge in [0, 0.05) is 16.2 Å². The molecule has 2 aromatic carbocycles. The average Bonchev–Trinajstić information content (AvgIpc) is 2.32. The predicted molar refractivity (Wildman–Crippen MR) is 74.9 cm³/mol. The molecular formula is C13H11BrN2O2. The molecule has 0 saturated carbocycles. The number of carbonyl (C=O) groups is 1. The third-order valence-electron chi connectivity index (χ3n) is 2.23. The molecule has 0 radical (unpaired) electrons. The van der Waals surface area contributed by atoms with Crippen molar-refractivity contribution < 1.29 is 9.90 Å². The van der Waals surface area contributed by atoms with Crippen molar-refractivity contribution in [2.24, 2.45) is 0 Å². The third-order valence-corrected chi connectivity index (χ3v) is 2.92. The Hall–Kier alpha value is -2.01. The van der Waals surface area contributed by atoms with Crippen LogP contribution in [0.3, 0.4) is 0 Å². The van der Waals surface area contributed by atoms with Gasteiger partial charge in [0.15, 0.2) is 0 Å². The Bertz CT molecular complexity index is 572. The molecule has 0 aliphatic carbocycles. The van der Waals surface area contributed by atoms with Gasteiger partial charge in [-0.1, -0.05) is 18.2 Å². The summed E-state index contributed by atoms with van der Waals surface area (Å²) in [5.41, 5.74) is 1.20. The van der Waals surface area contributed by atoms with Crippen molar-refractivity contribution in [3.05, 3.63) is 53.0 Å². The second-order valence-electron chi connectivity index (χ2n) is 3.61. The fourth-order valence-corrected chi connectivity index (χ4v) is 1.81. The van der Waals surface area contributed by atoms with Crippen LogP contribution in [0.4, 0.5) is 16.2 Å². The topological polar surface area (TPSA) is 61.4 Å². The molecule has 0 fully saturated rings. The van der Waals surface area contributed by atoms with Crippen LogP contribution in [0.2, 0.25) is 0 Å². The van der Waals surface area contributed by atoms with E-state index in [9.17, 15) is 9.90 Å². The zero-order valence-corrected chi connectivity index (χ0v) is 10.9. The molecule has 2 rings (SSSR count). The second kappa shape index (κ2) is 5.55. The molecular weight excluding hydrogens is 296 g/mol. The molecule has 92 valence electrons. The van der Waals surface area contributed by atoms with Crippen molar-refractivity contribution in [1.29, 1.82) is 0 Å². The monoisotopic (exact) mass is 306 g/mol. The van der Waals surface area contributed by atoms with E-state index in [2.05, 4.69) is 26.6 Å². The molecule has 18 heavy (non-hydrogen) atoms. The average molecular weight is 307 g/mol. The highest BCUT2D eigenvalue weighted by molar-refractivity contribution is 9.10. The number of hydrogen-bond acceptors (Lipinski definition) is 2. The van der Waals surface area contributed by atoms with Crippen LogP contribution >= 0.6 is 15.9 Å². The lowest BCUT2D eigenvalue weighted by molar-refractivity contribution is 0.262.